The highest BCUT2D eigenvalue weighted by Gasteiger charge is 1.94. The number of aliphatic imine (C=N–C) groups is 1. The molecule has 0 saturated carbocycles. The maximum absolute atomic E-state index is 4.59. The van der Waals surface area contributed by atoms with Crippen molar-refractivity contribution >= 4 is 5.71 Å². The molecule has 0 aliphatic carbocycles. The second kappa shape index (κ2) is 7.44. The predicted octanol–water partition coefficient (Wildman–Crippen LogP) is 4.90. The van der Waals surface area contributed by atoms with E-state index in [2.05, 4.69) is 52.6 Å². The molecule has 0 aliphatic rings. The van der Waals surface area contributed by atoms with E-state index in [9.17, 15) is 0 Å². The lowest BCUT2D eigenvalue weighted by molar-refractivity contribution is 0.906. The van der Waals surface area contributed by atoms with Crippen molar-refractivity contribution in [1.29, 1.82) is 0 Å². The van der Waals surface area contributed by atoms with Gasteiger partial charge in [0.1, 0.15) is 0 Å². The van der Waals surface area contributed by atoms with Crippen molar-refractivity contribution in [3.05, 3.63) is 22.9 Å². The van der Waals surface area contributed by atoms with Crippen LogP contribution < -0.4 is 0 Å². The zero-order valence-corrected chi connectivity index (χ0v) is 11.1. The fourth-order valence-corrected chi connectivity index (χ4v) is 1.47. The molecule has 0 atom stereocenters. The van der Waals surface area contributed by atoms with Gasteiger partial charge in [-0.3, -0.25) is 4.99 Å². The monoisotopic (exact) mass is 207 g/mol. The van der Waals surface area contributed by atoms with Gasteiger partial charge in [-0.2, -0.15) is 0 Å². The molecule has 1 nitrogen and oxygen atoms in total. The summed E-state index contributed by atoms with van der Waals surface area (Å²) in [6.45, 7) is 12.9. The number of allylic oxidation sites excluding steroid dienone is 4. The molecular formula is C14H25N. The molecule has 0 aromatic carbocycles. The molecule has 0 aromatic heterocycles. The fourth-order valence-electron chi connectivity index (χ4n) is 1.47. The summed E-state index contributed by atoms with van der Waals surface area (Å²) in [5, 5.41) is 0. The van der Waals surface area contributed by atoms with Gasteiger partial charge in [0.05, 0.1) is 0 Å². The summed E-state index contributed by atoms with van der Waals surface area (Å²) in [6, 6.07) is 0. The Morgan fingerprint density at radius 1 is 1.07 bits per heavy atom. The van der Waals surface area contributed by atoms with Crippen molar-refractivity contribution in [3.8, 4) is 0 Å². The van der Waals surface area contributed by atoms with E-state index < -0.39 is 0 Å². The number of rotatable bonds is 5. The zero-order chi connectivity index (χ0) is 11.8. The lowest BCUT2D eigenvalue weighted by atomic mass is 10.1. The second-order valence-electron chi connectivity index (χ2n) is 4.21. The maximum Gasteiger partial charge on any atom is 0.0375 e. The van der Waals surface area contributed by atoms with Gasteiger partial charge in [-0.1, -0.05) is 31.4 Å². The molecule has 0 spiro atoms. The van der Waals surface area contributed by atoms with Crippen molar-refractivity contribution in [3.63, 3.8) is 0 Å². The minimum Gasteiger partial charge on any atom is -0.259 e. The van der Waals surface area contributed by atoms with Crippen LogP contribution in [0.3, 0.4) is 0 Å². The number of hydrogen-bond acceptors (Lipinski definition) is 1. The van der Waals surface area contributed by atoms with Crippen LogP contribution in [0.4, 0.5) is 0 Å². The molecule has 0 heterocycles. The Labute approximate surface area is 95.0 Å². The summed E-state index contributed by atoms with van der Waals surface area (Å²) in [4.78, 5) is 4.59. The third-order valence-corrected chi connectivity index (χ3v) is 2.59. The summed E-state index contributed by atoms with van der Waals surface area (Å²) in [5.41, 5.74) is 5.07. The van der Waals surface area contributed by atoms with Gasteiger partial charge < -0.3 is 0 Å². The minimum atomic E-state index is 1.08. The average Bonchev–Trinajstić information content (AvgIpc) is 2.16. The first-order valence-electron chi connectivity index (χ1n) is 5.90. The Hall–Kier alpha value is -0.850. The lowest BCUT2D eigenvalue weighted by Crippen LogP contribution is -1.90. The summed E-state index contributed by atoms with van der Waals surface area (Å²) in [5.74, 6) is 0. The molecular weight excluding hydrogens is 182 g/mol. The third kappa shape index (κ3) is 6.27. The van der Waals surface area contributed by atoms with E-state index in [0.29, 0.717) is 0 Å². The van der Waals surface area contributed by atoms with Crippen LogP contribution in [-0.2, 0) is 0 Å². The van der Waals surface area contributed by atoms with Crippen LogP contribution >= 0.6 is 0 Å². The van der Waals surface area contributed by atoms with Crippen LogP contribution in [0, 0.1) is 0 Å². The molecule has 0 rings (SSSR count). The Balaban J connectivity index is 4.64. The van der Waals surface area contributed by atoms with Crippen LogP contribution in [0.1, 0.15) is 60.8 Å². The molecule has 0 fully saturated rings. The molecule has 0 N–H and O–H groups in total. The standard InChI is InChI=1S/C14H25N/c1-7-9-11(3)10-13(5)15-14(6)12(4)8-2/h10H,7-9H2,1-6H3/b11-10+,14-12?,15-13?. The van der Waals surface area contributed by atoms with E-state index in [0.717, 1.165) is 17.8 Å². The third-order valence-electron chi connectivity index (χ3n) is 2.59. The first-order chi connectivity index (χ1) is 7.01. The Morgan fingerprint density at radius 2 is 1.67 bits per heavy atom. The van der Waals surface area contributed by atoms with E-state index in [1.54, 1.807) is 0 Å². The van der Waals surface area contributed by atoms with Gasteiger partial charge in [0.2, 0.25) is 0 Å². The smallest absolute Gasteiger partial charge is 0.0375 e. The summed E-state index contributed by atoms with van der Waals surface area (Å²) in [7, 11) is 0. The summed E-state index contributed by atoms with van der Waals surface area (Å²) < 4.78 is 0. The van der Waals surface area contributed by atoms with Crippen molar-refractivity contribution in [1.82, 2.24) is 0 Å². The van der Waals surface area contributed by atoms with E-state index in [1.165, 1.54) is 24.0 Å². The second-order valence-corrected chi connectivity index (χ2v) is 4.21. The van der Waals surface area contributed by atoms with Crippen molar-refractivity contribution in [2.75, 3.05) is 0 Å². The van der Waals surface area contributed by atoms with Crippen molar-refractivity contribution in [2.45, 2.75) is 60.8 Å². The van der Waals surface area contributed by atoms with Crippen molar-refractivity contribution < 1.29 is 0 Å². The van der Waals surface area contributed by atoms with Crippen molar-refractivity contribution in [2.24, 2.45) is 4.99 Å². The molecule has 0 aliphatic heterocycles. The molecule has 15 heavy (non-hydrogen) atoms. The van der Waals surface area contributed by atoms with E-state index in [1.807, 2.05) is 0 Å². The van der Waals surface area contributed by atoms with Gasteiger partial charge in [0.25, 0.3) is 0 Å². The SMILES string of the molecule is CCC/C(C)=C/C(C)=NC(C)=C(C)CC. The molecule has 86 valence electrons. The highest BCUT2D eigenvalue weighted by molar-refractivity contribution is 5.94. The van der Waals surface area contributed by atoms with Gasteiger partial charge in [-0.15, -0.1) is 0 Å². The highest BCUT2D eigenvalue weighted by Crippen LogP contribution is 2.10. The molecule has 0 radical (unpaired) electrons. The normalized spacial score (nSPS) is 15.3. The summed E-state index contributed by atoms with van der Waals surface area (Å²) >= 11 is 0. The molecule has 0 amide bonds. The highest BCUT2D eigenvalue weighted by atomic mass is 14.7. The quantitative estimate of drug-likeness (QED) is 0.569. The van der Waals surface area contributed by atoms with Gasteiger partial charge in [-0.25, -0.2) is 0 Å². The van der Waals surface area contributed by atoms with Crippen LogP contribution in [0.15, 0.2) is 27.9 Å². The minimum absolute atomic E-state index is 1.08. The molecule has 1 heteroatoms. The zero-order valence-electron chi connectivity index (χ0n) is 11.1. The Morgan fingerprint density at radius 3 is 2.13 bits per heavy atom. The Bertz CT molecular complexity index is 280. The molecule has 0 unspecified atom stereocenters. The van der Waals surface area contributed by atoms with Crippen LogP contribution in [0.2, 0.25) is 0 Å². The fraction of sp³-hybridized carbons (Fsp3) is 0.643. The van der Waals surface area contributed by atoms with E-state index >= 15 is 0 Å². The first kappa shape index (κ1) is 14.2. The number of nitrogens with zero attached hydrogens (tertiary/aromatic N) is 1. The maximum atomic E-state index is 4.59. The Kier molecular flexibility index (Phi) is 7.02. The van der Waals surface area contributed by atoms with E-state index in [-0.39, 0.29) is 0 Å². The van der Waals surface area contributed by atoms with Gasteiger partial charge in [-0.05, 0) is 46.6 Å². The largest absolute Gasteiger partial charge is 0.259 e. The van der Waals surface area contributed by atoms with E-state index in [4.69, 9.17) is 0 Å². The first-order valence-corrected chi connectivity index (χ1v) is 5.90. The van der Waals surface area contributed by atoms with Gasteiger partial charge in [0.15, 0.2) is 0 Å². The van der Waals surface area contributed by atoms with Crippen LogP contribution in [0.25, 0.3) is 0 Å². The molecule has 0 bridgehead atoms. The topological polar surface area (TPSA) is 12.4 Å². The predicted molar refractivity (Wildman–Crippen MR) is 70.4 cm³/mol. The van der Waals surface area contributed by atoms with Gasteiger partial charge >= 0.3 is 0 Å². The van der Waals surface area contributed by atoms with Gasteiger partial charge in [0, 0.05) is 11.4 Å². The number of hydrogen-bond donors (Lipinski definition) is 0. The molecule has 0 aromatic rings. The van der Waals surface area contributed by atoms with Crippen LogP contribution in [0.5, 0.6) is 0 Å². The van der Waals surface area contributed by atoms with Crippen LogP contribution in [-0.4, -0.2) is 5.71 Å². The summed E-state index contributed by atoms with van der Waals surface area (Å²) in [6.07, 6.45) is 5.65. The average molecular weight is 207 g/mol. The molecule has 0 saturated heterocycles. The lowest BCUT2D eigenvalue weighted by Gasteiger charge is -2.02.